The van der Waals surface area contributed by atoms with Gasteiger partial charge in [0.15, 0.2) is 0 Å². The first kappa shape index (κ1) is 20.7. The summed E-state index contributed by atoms with van der Waals surface area (Å²) in [7, 11) is 0. The second-order valence-electron chi connectivity index (χ2n) is 7.70. The molecule has 0 aliphatic carbocycles. The van der Waals surface area contributed by atoms with Crippen molar-refractivity contribution in [3.05, 3.63) is 77.9 Å². The Labute approximate surface area is 181 Å². The van der Waals surface area contributed by atoms with E-state index >= 15 is 0 Å². The van der Waals surface area contributed by atoms with Crippen LogP contribution in [0.25, 0.3) is 11.1 Å². The summed E-state index contributed by atoms with van der Waals surface area (Å²) in [5.41, 5.74) is 3.80. The SMILES string of the molecule is Cc1ccc(-c2ccc3c(c2)C(=O)N(CCCC(=O)Cc2ncccn2)CCO3)cc1. The molecule has 6 nitrogen and oxygen atoms in total. The highest BCUT2D eigenvalue weighted by molar-refractivity contribution is 5.98. The lowest BCUT2D eigenvalue weighted by Gasteiger charge is -2.19. The third-order valence-corrected chi connectivity index (χ3v) is 5.36. The molecule has 3 aromatic rings. The Hall–Kier alpha value is -3.54. The number of hydrogen-bond acceptors (Lipinski definition) is 5. The van der Waals surface area contributed by atoms with Gasteiger partial charge in [-0.2, -0.15) is 0 Å². The minimum absolute atomic E-state index is 0.0553. The van der Waals surface area contributed by atoms with Crippen LogP contribution in [-0.2, 0) is 11.2 Å². The first-order valence-corrected chi connectivity index (χ1v) is 10.5. The number of rotatable bonds is 7. The van der Waals surface area contributed by atoms with Gasteiger partial charge in [-0.25, -0.2) is 9.97 Å². The van der Waals surface area contributed by atoms with Crippen LogP contribution in [0.2, 0.25) is 0 Å². The number of benzene rings is 2. The second kappa shape index (κ2) is 9.51. The third-order valence-electron chi connectivity index (χ3n) is 5.36. The van der Waals surface area contributed by atoms with E-state index < -0.39 is 0 Å². The molecule has 2 aromatic carbocycles. The summed E-state index contributed by atoms with van der Waals surface area (Å²) in [6.07, 6.45) is 4.48. The maximum atomic E-state index is 13.2. The van der Waals surface area contributed by atoms with Gasteiger partial charge in [0.2, 0.25) is 0 Å². The molecular formula is C25H25N3O3. The summed E-state index contributed by atoms with van der Waals surface area (Å²) < 4.78 is 5.82. The van der Waals surface area contributed by atoms with E-state index in [1.165, 1.54) is 5.56 Å². The number of carbonyl (C=O) groups excluding carboxylic acids is 2. The summed E-state index contributed by atoms with van der Waals surface area (Å²) in [6.45, 7) is 3.50. The predicted molar refractivity (Wildman–Crippen MR) is 118 cm³/mol. The summed E-state index contributed by atoms with van der Waals surface area (Å²) in [5, 5.41) is 0. The van der Waals surface area contributed by atoms with Gasteiger partial charge < -0.3 is 9.64 Å². The van der Waals surface area contributed by atoms with E-state index in [1.54, 1.807) is 23.4 Å². The van der Waals surface area contributed by atoms with Crippen molar-refractivity contribution < 1.29 is 14.3 Å². The van der Waals surface area contributed by atoms with Gasteiger partial charge in [0.1, 0.15) is 24.0 Å². The molecule has 0 spiro atoms. The van der Waals surface area contributed by atoms with Crippen LogP contribution >= 0.6 is 0 Å². The molecule has 1 aromatic heterocycles. The zero-order valence-electron chi connectivity index (χ0n) is 17.6. The maximum absolute atomic E-state index is 13.2. The van der Waals surface area contributed by atoms with Crippen molar-refractivity contribution in [1.82, 2.24) is 14.9 Å². The first-order valence-electron chi connectivity index (χ1n) is 10.5. The number of amides is 1. The monoisotopic (exact) mass is 415 g/mol. The molecule has 0 N–H and O–H groups in total. The molecular weight excluding hydrogens is 390 g/mol. The Morgan fingerprint density at radius 2 is 1.81 bits per heavy atom. The molecule has 0 unspecified atom stereocenters. The molecule has 0 saturated carbocycles. The van der Waals surface area contributed by atoms with E-state index in [-0.39, 0.29) is 18.1 Å². The molecule has 1 aliphatic rings. The van der Waals surface area contributed by atoms with Crippen LogP contribution in [0.5, 0.6) is 5.75 Å². The van der Waals surface area contributed by atoms with Crippen molar-refractivity contribution in [2.45, 2.75) is 26.2 Å². The van der Waals surface area contributed by atoms with Gasteiger partial charge in [0.05, 0.1) is 18.5 Å². The average Bonchev–Trinajstić information content (AvgIpc) is 2.93. The standard InChI is InChI=1S/C25H25N3O3/c1-18-5-7-19(8-6-18)20-9-10-23-22(16-20)25(30)28(14-15-31-23)13-2-4-21(29)17-24-26-11-3-12-27-24/h3,5-12,16H,2,4,13-15,17H2,1H3. The zero-order valence-corrected chi connectivity index (χ0v) is 17.6. The number of nitrogens with zero attached hydrogens (tertiary/aromatic N) is 3. The van der Waals surface area contributed by atoms with Crippen molar-refractivity contribution in [3.63, 3.8) is 0 Å². The zero-order chi connectivity index (χ0) is 21.6. The van der Waals surface area contributed by atoms with Crippen LogP contribution < -0.4 is 4.74 Å². The van der Waals surface area contributed by atoms with Gasteiger partial charge in [-0.05, 0) is 42.7 Å². The molecule has 0 fully saturated rings. The van der Waals surface area contributed by atoms with E-state index in [1.807, 2.05) is 25.1 Å². The second-order valence-corrected chi connectivity index (χ2v) is 7.70. The summed E-state index contributed by atoms with van der Waals surface area (Å²) >= 11 is 0. The van der Waals surface area contributed by atoms with Crippen LogP contribution in [0, 0.1) is 6.92 Å². The number of fused-ring (bicyclic) bond motifs is 1. The lowest BCUT2D eigenvalue weighted by molar-refractivity contribution is -0.118. The Morgan fingerprint density at radius 3 is 2.58 bits per heavy atom. The van der Waals surface area contributed by atoms with Gasteiger partial charge in [-0.3, -0.25) is 9.59 Å². The molecule has 0 saturated heterocycles. The topological polar surface area (TPSA) is 72.4 Å². The van der Waals surface area contributed by atoms with Crippen molar-refractivity contribution in [1.29, 1.82) is 0 Å². The molecule has 4 rings (SSSR count). The van der Waals surface area contributed by atoms with Gasteiger partial charge in [0.25, 0.3) is 5.91 Å². The molecule has 0 bridgehead atoms. The number of hydrogen-bond donors (Lipinski definition) is 0. The Balaban J connectivity index is 1.41. The number of Topliss-reactive ketones (excluding diaryl/α,β-unsaturated/α-hetero) is 1. The van der Waals surface area contributed by atoms with Crippen LogP contribution in [0.15, 0.2) is 60.9 Å². The highest BCUT2D eigenvalue weighted by Gasteiger charge is 2.24. The van der Waals surface area contributed by atoms with Crippen molar-refractivity contribution in [2.75, 3.05) is 19.7 Å². The van der Waals surface area contributed by atoms with Crippen LogP contribution in [0.1, 0.15) is 34.6 Å². The van der Waals surface area contributed by atoms with Crippen LogP contribution in [0.3, 0.4) is 0 Å². The minimum atomic E-state index is -0.0553. The minimum Gasteiger partial charge on any atom is -0.491 e. The molecule has 31 heavy (non-hydrogen) atoms. The van der Waals surface area contributed by atoms with E-state index in [4.69, 9.17) is 4.74 Å². The van der Waals surface area contributed by atoms with Gasteiger partial charge in [-0.1, -0.05) is 35.9 Å². The lowest BCUT2D eigenvalue weighted by atomic mass is 10.0. The highest BCUT2D eigenvalue weighted by atomic mass is 16.5. The Bertz CT molecular complexity index is 1070. The highest BCUT2D eigenvalue weighted by Crippen LogP contribution is 2.29. The van der Waals surface area contributed by atoms with E-state index in [0.29, 0.717) is 49.7 Å². The molecule has 0 radical (unpaired) electrons. The lowest BCUT2D eigenvalue weighted by Crippen LogP contribution is -2.33. The molecule has 158 valence electrons. The van der Waals surface area contributed by atoms with Crippen molar-refractivity contribution in [3.8, 4) is 16.9 Å². The van der Waals surface area contributed by atoms with Crippen molar-refractivity contribution >= 4 is 11.7 Å². The first-order chi connectivity index (χ1) is 15.1. The fourth-order valence-corrected chi connectivity index (χ4v) is 3.65. The summed E-state index contributed by atoms with van der Waals surface area (Å²) in [5.74, 6) is 1.16. The van der Waals surface area contributed by atoms with Gasteiger partial charge in [0, 0.05) is 25.4 Å². The van der Waals surface area contributed by atoms with Crippen LogP contribution in [0.4, 0.5) is 0 Å². The summed E-state index contributed by atoms with van der Waals surface area (Å²) in [6, 6.07) is 15.7. The maximum Gasteiger partial charge on any atom is 0.257 e. The van der Waals surface area contributed by atoms with Gasteiger partial charge in [-0.15, -0.1) is 0 Å². The normalized spacial score (nSPS) is 13.3. The number of aryl methyl sites for hydroxylation is 1. The van der Waals surface area contributed by atoms with E-state index in [2.05, 4.69) is 34.2 Å². The van der Waals surface area contributed by atoms with Crippen molar-refractivity contribution in [2.24, 2.45) is 0 Å². The fourth-order valence-electron chi connectivity index (χ4n) is 3.65. The largest absolute Gasteiger partial charge is 0.491 e. The number of ether oxygens (including phenoxy) is 1. The number of carbonyl (C=O) groups is 2. The summed E-state index contributed by atoms with van der Waals surface area (Å²) in [4.78, 5) is 35.4. The van der Waals surface area contributed by atoms with Gasteiger partial charge >= 0.3 is 0 Å². The molecule has 6 heteroatoms. The van der Waals surface area contributed by atoms with E-state index in [0.717, 1.165) is 11.1 Å². The van der Waals surface area contributed by atoms with E-state index in [9.17, 15) is 9.59 Å². The van der Waals surface area contributed by atoms with Crippen LogP contribution in [-0.4, -0.2) is 46.3 Å². The molecule has 1 aliphatic heterocycles. The predicted octanol–water partition coefficient (Wildman–Crippen LogP) is 3.88. The smallest absolute Gasteiger partial charge is 0.257 e. The number of ketones is 1. The number of aromatic nitrogens is 2. The quantitative estimate of drug-likeness (QED) is 0.586. The fraction of sp³-hybridized carbons (Fsp3) is 0.280. The third kappa shape index (κ3) is 5.15. The molecule has 2 heterocycles. The molecule has 1 amide bonds. The molecule has 0 atom stereocenters. The Morgan fingerprint density at radius 1 is 1.06 bits per heavy atom. The average molecular weight is 415 g/mol. The Kier molecular flexibility index (Phi) is 6.36.